The Balaban J connectivity index is 2.80. The monoisotopic (exact) mass is 262 g/mol. The molecule has 0 aliphatic rings. The second-order valence-corrected chi connectivity index (χ2v) is 6.63. The zero-order chi connectivity index (χ0) is 12.3. The number of aliphatic hydroxyl groups excluding tert-OH is 1. The third kappa shape index (κ3) is 4.12. The van der Waals surface area contributed by atoms with Crippen LogP contribution < -0.4 is 0 Å². The lowest BCUT2D eigenvalue weighted by Crippen LogP contribution is -2.09. The number of rotatable bonds is 4. The van der Waals surface area contributed by atoms with Gasteiger partial charge in [0.05, 0.1) is 11.9 Å². The van der Waals surface area contributed by atoms with Crippen LogP contribution in [0.2, 0.25) is 5.02 Å². The molecule has 0 heterocycles. The predicted octanol–water partition coefficient (Wildman–Crippen LogP) is 2.12. The van der Waals surface area contributed by atoms with Crippen LogP contribution in [0.4, 0.5) is 0 Å². The van der Waals surface area contributed by atoms with Gasteiger partial charge in [-0.1, -0.05) is 17.7 Å². The summed E-state index contributed by atoms with van der Waals surface area (Å²) in [7, 11) is -3.04. The van der Waals surface area contributed by atoms with E-state index in [9.17, 15) is 13.5 Å². The molecule has 0 bridgehead atoms. The van der Waals surface area contributed by atoms with Gasteiger partial charge in [-0.2, -0.15) is 0 Å². The summed E-state index contributed by atoms with van der Waals surface area (Å²) < 4.78 is 22.0. The second-order valence-electron chi connectivity index (χ2n) is 3.94. The molecule has 0 saturated heterocycles. The molecule has 0 spiro atoms. The highest BCUT2D eigenvalue weighted by molar-refractivity contribution is 7.90. The van der Waals surface area contributed by atoms with Gasteiger partial charge in [-0.25, -0.2) is 8.42 Å². The van der Waals surface area contributed by atoms with E-state index in [0.29, 0.717) is 10.6 Å². The van der Waals surface area contributed by atoms with Crippen molar-refractivity contribution in [2.75, 3.05) is 12.0 Å². The van der Waals surface area contributed by atoms with Gasteiger partial charge in [0.2, 0.25) is 0 Å². The van der Waals surface area contributed by atoms with Crippen molar-refractivity contribution in [1.82, 2.24) is 0 Å². The van der Waals surface area contributed by atoms with E-state index in [1.165, 1.54) is 0 Å². The fourth-order valence-corrected chi connectivity index (χ4v) is 2.28. The fraction of sp³-hybridized carbons (Fsp3) is 0.455. The summed E-state index contributed by atoms with van der Waals surface area (Å²) >= 11 is 5.82. The molecule has 0 fully saturated rings. The van der Waals surface area contributed by atoms with Crippen LogP contribution in [-0.2, 0) is 9.84 Å². The summed E-state index contributed by atoms with van der Waals surface area (Å²) in [6.45, 7) is 1.86. The molecule has 16 heavy (non-hydrogen) atoms. The molecule has 90 valence electrons. The summed E-state index contributed by atoms with van der Waals surface area (Å²) in [6.07, 6.45) is 0.568. The van der Waals surface area contributed by atoms with Gasteiger partial charge in [0.15, 0.2) is 0 Å². The van der Waals surface area contributed by atoms with E-state index >= 15 is 0 Å². The van der Waals surface area contributed by atoms with E-state index in [-0.39, 0.29) is 12.2 Å². The normalized spacial score (nSPS) is 13.8. The van der Waals surface area contributed by atoms with Crippen LogP contribution in [0.25, 0.3) is 0 Å². The minimum atomic E-state index is -3.04. The highest BCUT2D eigenvalue weighted by Crippen LogP contribution is 2.24. The van der Waals surface area contributed by atoms with Crippen molar-refractivity contribution in [3.63, 3.8) is 0 Å². The number of aliphatic hydroxyl groups is 1. The van der Waals surface area contributed by atoms with E-state index < -0.39 is 15.9 Å². The third-order valence-electron chi connectivity index (χ3n) is 2.36. The van der Waals surface area contributed by atoms with Crippen molar-refractivity contribution in [2.24, 2.45) is 0 Å². The Morgan fingerprint density at radius 1 is 1.44 bits per heavy atom. The SMILES string of the molecule is Cc1ccc(Cl)cc1C(O)CCS(C)(=O)=O. The number of sulfone groups is 1. The molecule has 0 aliphatic heterocycles. The standard InChI is InChI=1S/C11H15ClO3S/c1-8-3-4-9(12)7-10(8)11(13)5-6-16(2,14)15/h3-4,7,11,13H,5-6H2,1-2H3. The minimum Gasteiger partial charge on any atom is -0.388 e. The highest BCUT2D eigenvalue weighted by Gasteiger charge is 2.13. The Hall–Kier alpha value is -0.580. The van der Waals surface area contributed by atoms with Gasteiger partial charge in [-0.15, -0.1) is 0 Å². The van der Waals surface area contributed by atoms with Gasteiger partial charge in [-0.3, -0.25) is 0 Å². The molecule has 0 aromatic heterocycles. The number of hydrogen-bond donors (Lipinski definition) is 1. The minimum absolute atomic E-state index is 0.0277. The zero-order valence-corrected chi connectivity index (χ0v) is 10.8. The molecule has 3 nitrogen and oxygen atoms in total. The van der Waals surface area contributed by atoms with Crippen LogP contribution >= 0.6 is 11.6 Å². The zero-order valence-electron chi connectivity index (χ0n) is 9.27. The summed E-state index contributed by atoms with van der Waals surface area (Å²) in [6, 6.07) is 5.22. The van der Waals surface area contributed by atoms with E-state index in [0.717, 1.165) is 11.8 Å². The Kier molecular flexibility index (Phi) is 4.35. The van der Waals surface area contributed by atoms with Crippen molar-refractivity contribution in [1.29, 1.82) is 0 Å². The summed E-state index contributed by atoms with van der Waals surface area (Å²) in [5.74, 6) is -0.0277. The summed E-state index contributed by atoms with van der Waals surface area (Å²) in [5.41, 5.74) is 1.60. The maximum Gasteiger partial charge on any atom is 0.147 e. The lowest BCUT2D eigenvalue weighted by molar-refractivity contribution is 0.173. The molecule has 1 aromatic rings. The first-order chi connectivity index (χ1) is 7.29. The van der Waals surface area contributed by atoms with Crippen LogP contribution in [0.3, 0.4) is 0 Å². The van der Waals surface area contributed by atoms with Crippen molar-refractivity contribution in [2.45, 2.75) is 19.4 Å². The van der Waals surface area contributed by atoms with Crippen LogP contribution in [-0.4, -0.2) is 25.5 Å². The average Bonchev–Trinajstić information content (AvgIpc) is 2.17. The molecule has 0 aliphatic carbocycles. The van der Waals surface area contributed by atoms with Crippen molar-refractivity contribution in [3.05, 3.63) is 34.3 Å². The second kappa shape index (κ2) is 5.17. The number of benzene rings is 1. The molecule has 5 heteroatoms. The molecular formula is C11H15ClO3S. The average molecular weight is 263 g/mol. The first kappa shape index (κ1) is 13.5. The highest BCUT2D eigenvalue weighted by atomic mass is 35.5. The van der Waals surface area contributed by atoms with Gasteiger partial charge < -0.3 is 5.11 Å². The molecule has 1 N–H and O–H groups in total. The quantitative estimate of drug-likeness (QED) is 0.904. The molecule has 1 rings (SSSR count). The van der Waals surface area contributed by atoms with Gasteiger partial charge in [-0.05, 0) is 36.6 Å². The van der Waals surface area contributed by atoms with Crippen LogP contribution in [0.15, 0.2) is 18.2 Å². The molecule has 1 aromatic carbocycles. The molecule has 1 unspecified atom stereocenters. The Bertz CT molecular complexity index is 468. The van der Waals surface area contributed by atoms with Crippen molar-refractivity contribution in [3.8, 4) is 0 Å². The maximum atomic E-state index is 11.0. The lowest BCUT2D eigenvalue weighted by Gasteiger charge is -2.13. The number of aryl methyl sites for hydroxylation is 1. The molecule has 0 saturated carbocycles. The predicted molar refractivity (Wildman–Crippen MR) is 65.5 cm³/mol. The lowest BCUT2D eigenvalue weighted by atomic mass is 10.0. The Labute approximate surface area is 101 Å². The van der Waals surface area contributed by atoms with E-state index in [2.05, 4.69) is 0 Å². The van der Waals surface area contributed by atoms with E-state index in [4.69, 9.17) is 11.6 Å². The number of halogens is 1. The molecule has 0 amide bonds. The van der Waals surface area contributed by atoms with Gasteiger partial charge in [0.25, 0.3) is 0 Å². The maximum absolute atomic E-state index is 11.0. The topological polar surface area (TPSA) is 54.4 Å². The molecular weight excluding hydrogens is 248 g/mol. The third-order valence-corrected chi connectivity index (χ3v) is 3.57. The van der Waals surface area contributed by atoms with Crippen molar-refractivity contribution >= 4 is 21.4 Å². The van der Waals surface area contributed by atoms with Crippen LogP contribution in [0, 0.1) is 6.92 Å². The first-order valence-electron chi connectivity index (χ1n) is 4.91. The smallest absolute Gasteiger partial charge is 0.147 e. The fourth-order valence-electron chi connectivity index (χ4n) is 1.45. The van der Waals surface area contributed by atoms with Gasteiger partial charge in [0, 0.05) is 11.3 Å². The Morgan fingerprint density at radius 3 is 2.62 bits per heavy atom. The molecule has 0 radical (unpaired) electrons. The Morgan fingerprint density at radius 2 is 2.06 bits per heavy atom. The first-order valence-corrected chi connectivity index (χ1v) is 7.35. The molecule has 1 atom stereocenters. The summed E-state index contributed by atoms with van der Waals surface area (Å²) in [4.78, 5) is 0. The van der Waals surface area contributed by atoms with Crippen molar-refractivity contribution < 1.29 is 13.5 Å². The largest absolute Gasteiger partial charge is 0.388 e. The van der Waals surface area contributed by atoms with Gasteiger partial charge in [0.1, 0.15) is 9.84 Å². The van der Waals surface area contributed by atoms with E-state index in [1.807, 2.05) is 6.92 Å². The van der Waals surface area contributed by atoms with E-state index in [1.54, 1.807) is 18.2 Å². The number of hydrogen-bond acceptors (Lipinski definition) is 3. The summed E-state index contributed by atoms with van der Waals surface area (Å²) in [5, 5.41) is 10.4. The van der Waals surface area contributed by atoms with Crippen LogP contribution in [0.1, 0.15) is 23.7 Å². The van der Waals surface area contributed by atoms with Gasteiger partial charge >= 0.3 is 0 Å². The van der Waals surface area contributed by atoms with Crippen LogP contribution in [0.5, 0.6) is 0 Å².